The Morgan fingerprint density at radius 3 is 2.86 bits per heavy atom. The Morgan fingerprint density at radius 2 is 2.03 bits per heavy atom. The molecule has 150 valence electrons. The van der Waals surface area contributed by atoms with E-state index in [1.165, 1.54) is 35.4 Å². The van der Waals surface area contributed by atoms with Crippen molar-refractivity contribution in [2.45, 2.75) is 45.1 Å². The first-order valence-corrected chi connectivity index (χ1v) is 10.3. The summed E-state index contributed by atoms with van der Waals surface area (Å²) in [6, 6.07) is 8.09. The smallest absolute Gasteiger partial charge is 0.232 e. The molecule has 2 aliphatic rings. The Labute approximate surface area is 170 Å². The Hall–Kier alpha value is -3.00. The average molecular weight is 390 g/mol. The summed E-state index contributed by atoms with van der Waals surface area (Å²) in [5.74, 6) is 2.10. The van der Waals surface area contributed by atoms with Crippen LogP contribution in [-0.4, -0.2) is 43.1 Å². The van der Waals surface area contributed by atoms with Gasteiger partial charge in [0, 0.05) is 36.8 Å². The fraction of sp³-hybridized carbons (Fsp3) is 0.429. The Balaban J connectivity index is 1.28. The topological polar surface area (TPSA) is 109 Å². The maximum atomic E-state index is 5.96. The molecule has 1 aromatic carbocycles. The van der Waals surface area contributed by atoms with Crippen molar-refractivity contribution < 1.29 is 0 Å². The van der Waals surface area contributed by atoms with E-state index < -0.39 is 0 Å². The number of nitrogens with two attached hydrogens (primary N) is 1. The molecule has 1 aliphatic heterocycles. The van der Waals surface area contributed by atoms with E-state index in [0.717, 1.165) is 31.6 Å². The van der Waals surface area contributed by atoms with Gasteiger partial charge in [0.1, 0.15) is 5.82 Å². The van der Waals surface area contributed by atoms with Crippen LogP contribution in [0.25, 0.3) is 0 Å². The number of nitrogen functional groups attached to an aromatic ring is 1. The third-order valence-electron chi connectivity index (χ3n) is 5.64. The number of aromatic amines is 1. The van der Waals surface area contributed by atoms with Crippen molar-refractivity contribution in [1.82, 2.24) is 30.0 Å². The molecule has 0 amide bonds. The van der Waals surface area contributed by atoms with Crippen LogP contribution in [0.3, 0.4) is 0 Å². The normalized spacial score (nSPS) is 17.0. The molecule has 4 N–H and O–H groups in total. The molecular weight excluding hydrogens is 364 g/mol. The number of anilines is 3. The first-order valence-electron chi connectivity index (χ1n) is 10.3. The van der Waals surface area contributed by atoms with Gasteiger partial charge in [-0.1, -0.05) is 12.1 Å². The molecule has 1 saturated carbocycles. The SMILES string of the molecule is Cc1cccc(Nc2nc(N)nc(CN3CCc4[nH]nc(C5CC5)c4CC3)n2)c1. The minimum absolute atomic E-state index is 0.241. The Morgan fingerprint density at radius 1 is 1.17 bits per heavy atom. The lowest BCUT2D eigenvalue weighted by molar-refractivity contribution is 0.271. The van der Waals surface area contributed by atoms with E-state index in [1.807, 2.05) is 18.2 Å². The van der Waals surface area contributed by atoms with Crippen LogP contribution in [0.1, 0.15) is 47.1 Å². The van der Waals surface area contributed by atoms with Gasteiger partial charge in [0.2, 0.25) is 11.9 Å². The first-order chi connectivity index (χ1) is 14.1. The summed E-state index contributed by atoms with van der Waals surface area (Å²) >= 11 is 0. The molecule has 0 radical (unpaired) electrons. The van der Waals surface area contributed by atoms with Crippen LogP contribution in [-0.2, 0) is 19.4 Å². The van der Waals surface area contributed by atoms with Gasteiger partial charge >= 0.3 is 0 Å². The van der Waals surface area contributed by atoms with E-state index >= 15 is 0 Å². The predicted molar refractivity (Wildman–Crippen MR) is 112 cm³/mol. The van der Waals surface area contributed by atoms with E-state index in [9.17, 15) is 0 Å². The van der Waals surface area contributed by atoms with Gasteiger partial charge in [-0.15, -0.1) is 0 Å². The quantitative estimate of drug-likeness (QED) is 0.614. The van der Waals surface area contributed by atoms with E-state index in [4.69, 9.17) is 5.73 Å². The summed E-state index contributed by atoms with van der Waals surface area (Å²) in [5.41, 5.74) is 12.1. The van der Waals surface area contributed by atoms with E-state index in [1.54, 1.807) is 0 Å². The second-order valence-electron chi connectivity index (χ2n) is 8.04. The minimum atomic E-state index is 0.241. The minimum Gasteiger partial charge on any atom is -0.368 e. The van der Waals surface area contributed by atoms with Crippen LogP contribution in [0.2, 0.25) is 0 Å². The molecule has 1 aliphatic carbocycles. The van der Waals surface area contributed by atoms with Gasteiger partial charge in [0.15, 0.2) is 0 Å². The molecule has 0 saturated heterocycles. The van der Waals surface area contributed by atoms with Gasteiger partial charge in [0.25, 0.3) is 0 Å². The fourth-order valence-electron chi connectivity index (χ4n) is 4.02. The fourth-order valence-corrected chi connectivity index (χ4v) is 4.02. The van der Waals surface area contributed by atoms with Crippen LogP contribution < -0.4 is 11.1 Å². The average Bonchev–Trinajstić information content (AvgIpc) is 3.47. The molecule has 8 nitrogen and oxygen atoms in total. The zero-order valence-corrected chi connectivity index (χ0v) is 16.6. The lowest BCUT2D eigenvalue weighted by Gasteiger charge is -2.19. The maximum Gasteiger partial charge on any atom is 0.232 e. The van der Waals surface area contributed by atoms with Crippen molar-refractivity contribution in [3.8, 4) is 0 Å². The molecule has 0 unspecified atom stereocenters. The Bertz CT molecular complexity index is 1020. The van der Waals surface area contributed by atoms with Crippen LogP contribution in [0.5, 0.6) is 0 Å². The second-order valence-corrected chi connectivity index (χ2v) is 8.04. The third-order valence-corrected chi connectivity index (χ3v) is 5.64. The molecule has 3 aromatic rings. The highest BCUT2D eigenvalue weighted by Crippen LogP contribution is 2.41. The number of nitrogens with zero attached hydrogens (tertiary/aromatic N) is 5. The highest BCUT2D eigenvalue weighted by atomic mass is 15.2. The van der Waals surface area contributed by atoms with Gasteiger partial charge in [-0.2, -0.15) is 20.1 Å². The molecule has 0 bridgehead atoms. The standard InChI is InChI=1S/C21H26N8/c1-13-3-2-4-15(11-13)23-21-25-18(24-20(22)26-21)12-29-9-7-16-17(8-10-29)27-28-19(16)14-5-6-14/h2-4,11,14H,5-10,12H2,1H3,(H,27,28)(H3,22,23,24,25,26). The van der Waals surface area contributed by atoms with Gasteiger partial charge in [0.05, 0.1) is 12.2 Å². The summed E-state index contributed by atoms with van der Waals surface area (Å²) in [6.07, 6.45) is 4.56. The number of hydrogen-bond acceptors (Lipinski definition) is 7. The number of fused-ring (bicyclic) bond motifs is 1. The largest absolute Gasteiger partial charge is 0.368 e. The van der Waals surface area contributed by atoms with Gasteiger partial charge in [-0.25, -0.2) is 0 Å². The summed E-state index contributed by atoms with van der Waals surface area (Å²) in [5, 5.41) is 11.1. The van der Waals surface area contributed by atoms with Gasteiger partial charge in [-0.05, 0) is 49.4 Å². The summed E-state index contributed by atoms with van der Waals surface area (Å²) in [7, 11) is 0. The number of benzene rings is 1. The second kappa shape index (κ2) is 7.44. The van der Waals surface area contributed by atoms with E-state index in [-0.39, 0.29) is 5.95 Å². The number of hydrogen-bond donors (Lipinski definition) is 3. The molecule has 2 aromatic heterocycles. The monoisotopic (exact) mass is 390 g/mol. The van der Waals surface area contributed by atoms with Crippen molar-refractivity contribution in [3.63, 3.8) is 0 Å². The zero-order chi connectivity index (χ0) is 19.8. The van der Waals surface area contributed by atoms with Crippen LogP contribution in [0.15, 0.2) is 24.3 Å². The summed E-state index contributed by atoms with van der Waals surface area (Å²) < 4.78 is 0. The number of H-pyrrole nitrogens is 1. The molecule has 5 rings (SSSR count). The lowest BCUT2D eigenvalue weighted by Crippen LogP contribution is -2.27. The van der Waals surface area contributed by atoms with Crippen molar-refractivity contribution in [1.29, 1.82) is 0 Å². The highest BCUT2D eigenvalue weighted by Gasteiger charge is 2.31. The number of nitrogens with one attached hydrogen (secondary N) is 2. The van der Waals surface area contributed by atoms with Crippen molar-refractivity contribution in [2.24, 2.45) is 0 Å². The lowest BCUT2D eigenvalue weighted by atomic mass is 10.1. The molecule has 3 heterocycles. The van der Waals surface area contributed by atoms with Crippen molar-refractivity contribution >= 4 is 17.6 Å². The molecule has 8 heteroatoms. The molecular formula is C21H26N8. The van der Waals surface area contributed by atoms with Gasteiger partial charge in [-0.3, -0.25) is 10.00 Å². The van der Waals surface area contributed by atoms with Crippen molar-refractivity contribution in [2.75, 3.05) is 24.1 Å². The molecule has 0 atom stereocenters. The van der Waals surface area contributed by atoms with E-state index in [0.29, 0.717) is 24.2 Å². The first kappa shape index (κ1) is 18.1. The number of aromatic nitrogens is 5. The molecule has 29 heavy (non-hydrogen) atoms. The van der Waals surface area contributed by atoms with Gasteiger partial charge < -0.3 is 11.1 Å². The van der Waals surface area contributed by atoms with Crippen LogP contribution in [0.4, 0.5) is 17.6 Å². The van der Waals surface area contributed by atoms with Crippen LogP contribution in [0, 0.1) is 6.92 Å². The summed E-state index contributed by atoms with van der Waals surface area (Å²) in [4.78, 5) is 15.6. The van der Waals surface area contributed by atoms with Crippen LogP contribution >= 0.6 is 0 Å². The zero-order valence-electron chi connectivity index (χ0n) is 16.6. The number of rotatable bonds is 5. The molecule has 1 fully saturated rings. The Kier molecular flexibility index (Phi) is 4.63. The van der Waals surface area contributed by atoms with Crippen molar-refractivity contribution in [3.05, 3.63) is 52.6 Å². The summed E-state index contributed by atoms with van der Waals surface area (Å²) in [6.45, 7) is 4.63. The van der Waals surface area contributed by atoms with E-state index in [2.05, 4.69) is 48.4 Å². The highest BCUT2D eigenvalue weighted by molar-refractivity contribution is 5.54. The maximum absolute atomic E-state index is 5.96. The number of aryl methyl sites for hydroxylation is 1. The predicted octanol–water partition coefficient (Wildman–Crippen LogP) is 2.71. The third kappa shape index (κ3) is 4.07. The molecule has 0 spiro atoms.